The molecule has 2 aliphatic carbocycles. The van der Waals surface area contributed by atoms with Gasteiger partial charge in [0.2, 0.25) is 0 Å². The SMILES string of the molecule is C=C1[C@@H](C)C=C2C=CC(C)[C@H](CCC3C[C@@H](O)CC(=O)O3)[C@H]2[C@H]1OC(=O)C(C)(C)CC. The number of aliphatic hydroxyl groups is 1. The Bertz CT molecular complexity index is 777. The molecule has 0 saturated carbocycles. The molecule has 1 saturated heterocycles. The van der Waals surface area contributed by atoms with Gasteiger partial charge < -0.3 is 14.6 Å². The Morgan fingerprint density at radius 2 is 2.03 bits per heavy atom. The molecule has 0 aromatic carbocycles. The number of hydrogen-bond donors (Lipinski definition) is 1. The zero-order chi connectivity index (χ0) is 22.9. The second-order valence-corrected chi connectivity index (χ2v) is 10.3. The number of allylic oxidation sites excluding steroid dienone is 3. The highest BCUT2D eigenvalue weighted by molar-refractivity contribution is 5.76. The van der Waals surface area contributed by atoms with Crippen molar-refractivity contribution in [2.24, 2.45) is 29.1 Å². The lowest BCUT2D eigenvalue weighted by Gasteiger charge is -2.45. The van der Waals surface area contributed by atoms with E-state index in [9.17, 15) is 14.7 Å². The normalized spacial score (nSPS) is 35.8. The third-order valence-electron chi connectivity index (χ3n) is 7.56. The molecule has 5 nitrogen and oxygen atoms in total. The van der Waals surface area contributed by atoms with Crippen LogP contribution < -0.4 is 0 Å². The first-order chi connectivity index (χ1) is 14.5. The van der Waals surface area contributed by atoms with Gasteiger partial charge in [-0.05, 0) is 62.0 Å². The van der Waals surface area contributed by atoms with Gasteiger partial charge in [-0.2, -0.15) is 0 Å². The first-order valence-corrected chi connectivity index (χ1v) is 11.7. The molecule has 1 fully saturated rings. The van der Waals surface area contributed by atoms with Gasteiger partial charge in [-0.1, -0.05) is 45.6 Å². The highest BCUT2D eigenvalue weighted by Gasteiger charge is 2.44. The van der Waals surface area contributed by atoms with Crippen molar-refractivity contribution in [3.63, 3.8) is 0 Å². The van der Waals surface area contributed by atoms with Gasteiger partial charge in [0.05, 0.1) is 17.9 Å². The molecule has 1 aliphatic heterocycles. The third-order valence-corrected chi connectivity index (χ3v) is 7.56. The number of cyclic esters (lactones) is 1. The van der Waals surface area contributed by atoms with Crippen LogP contribution in [0.15, 0.2) is 36.0 Å². The molecule has 1 N–H and O–H groups in total. The van der Waals surface area contributed by atoms with Crippen molar-refractivity contribution in [2.75, 3.05) is 0 Å². The summed E-state index contributed by atoms with van der Waals surface area (Å²) in [5.41, 5.74) is 1.61. The average molecular weight is 431 g/mol. The standard InChI is InChI=1S/C26H38O5/c1-7-26(5,6)25(29)31-24-17(4)16(3)12-18-9-8-15(2)21(23(18)24)11-10-20-13-19(27)14-22(28)30-20/h8-9,12,15-16,19-21,23-24,27H,4,7,10-11,13-14H2,1-3,5-6H3/t15?,16-,19+,20?,21-,23-,24-/m0/s1. The van der Waals surface area contributed by atoms with Crippen molar-refractivity contribution in [3.8, 4) is 0 Å². The molecule has 3 aliphatic rings. The fourth-order valence-corrected chi connectivity index (χ4v) is 4.97. The summed E-state index contributed by atoms with van der Waals surface area (Å²) in [4.78, 5) is 24.7. The van der Waals surface area contributed by atoms with Crippen LogP contribution >= 0.6 is 0 Å². The summed E-state index contributed by atoms with van der Waals surface area (Å²) in [6.07, 6.45) is 8.20. The first kappa shape index (κ1) is 23.8. The summed E-state index contributed by atoms with van der Waals surface area (Å²) in [6, 6.07) is 0. The van der Waals surface area contributed by atoms with E-state index in [0.717, 1.165) is 12.0 Å². The van der Waals surface area contributed by atoms with E-state index in [1.165, 1.54) is 5.57 Å². The van der Waals surface area contributed by atoms with Crippen molar-refractivity contribution in [1.29, 1.82) is 0 Å². The lowest BCUT2D eigenvalue weighted by Crippen LogP contribution is -2.44. The zero-order valence-corrected chi connectivity index (χ0v) is 19.6. The molecule has 0 spiro atoms. The topological polar surface area (TPSA) is 72.8 Å². The van der Waals surface area contributed by atoms with E-state index >= 15 is 0 Å². The lowest BCUT2D eigenvalue weighted by molar-refractivity contribution is -0.163. The maximum Gasteiger partial charge on any atom is 0.312 e. The Labute approximate surface area is 186 Å². The van der Waals surface area contributed by atoms with Gasteiger partial charge in [-0.3, -0.25) is 9.59 Å². The Hall–Kier alpha value is -1.88. The second kappa shape index (κ2) is 9.32. The van der Waals surface area contributed by atoms with Gasteiger partial charge in [-0.15, -0.1) is 0 Å². The summed E-state index contributed by atoms with van der Waals surface area (Å²) in [5, 5.41) is 9.94. The molecule has 0 amide bonds. The molecule has 5 heteroatoms. The molecule has 0 bridgehead atoms. The maximum atomic E-state index is 13.0. The zero-order valence-electron chi connectivity index (χ0n) is 19.6. The summed E-state index contributed by atoms with van der Waals surface area (Å²) in [7, 11) is 0. The van der Waals surface area contributed by atoms with E-state index in [1.54, 1.807) is 0 Å². The van der Waals surface area contributed by atoms with Crippen molar-refractivity contribution >= 4 is 11.9 Å². The number of fused-ring (bicyclic) bond motifs is 1. The molecule has 0 aromatic heterocycles. The van der Waals surface area contributed by atoms with E-state index in [1.807, 2.05) is 20.8 Å². The molecule has 172 valence electrons. The number of carbonyl (C=O) groups is 2. The van der Waals surface area contributed by atoms with Crippen LogP contribution in [0.1, 0.15) is 66.7 Å². The fourth-order valence-electron chi connectivity index (χ4n) is 4.97. The smallest absolute Gasteiger partial charge is 0.312 e. The van der Waals surface area contributed by atoms with Crippen LogP contribution in [-0.2, 0) is 19.1 Å². The fraction of sp³-hybridized carbons (Fsp3) is 0.692. The van der Waals surface area contributed by atoms with Crippen LogP contribution in [0.3, 0.4) is 0 Å². The molecule has 31 heavy (non-hydrogen) atoms. The van der Waals surface area contributed by atoms with Gasteiger partial charge in [0.15, 0.2) is 0 Å². The largest absolute Gasteiger partial charge is 0.462 e. The molecule has 7 atom stereocenters. The van der Waals surface area contributed by atoms with Gasteiger partial charge >= 0.3 is 11.9 Å². The maximum absolute atomic E-state index is 13.0. The average Bonchev–Trinajstić information content (AvgIpc) is 2.70. The summed E-state index contributed by atoms with van der Waals surface area (Å²) >= 11 is 0. The Kier molecular flexibility index (Phi) is 7.14. The lowest BCUT2D eigenvalue weighted by atomic mass is 9.64. The molecule has 3 rings (SSSR count). The summed E-state index contributed by atoms with van der Waals surface area (Å²) in [6.45, 7) is 14.4. The predicted molar refractivity (Wildman–Crippen MR) is 120 cm³/mol. The molecular weight excluding hydrogens is 392 g/mol. The monoisotopic (exact) mass is 430 g/mol. The van der Waals surface area contributed by atoms with Crippen LogP contribution in [0.2, 0.25) is 0 Å². The minimum atomic E-state index is -0.620. The molecule has 1 heterocycles. The van der Waals surface area contributed by atoms with Gasteiger partial charge in [0.25, 0.3) is 0 Å². The van der Waals surface area contributed by atoms with E-state index in [4.69, 9.17) is 9.47 Å². The highest BCUT2D eigenvalue weighted by atomic mass is 16.6. The summed E-state index contributed by atoms with van der Waals surface area (Å²) in [5.74, 6) is 0.217. The summed E-state index contributed by atoms with van der Waals surface area (Å²) < 4.78 is 11.6. The number of rotatable bonds is 6. The van der Waals surface area contributed by atoms with Crippen molar-refractivity contribution in [1.82, 2.24) is 0 Å². The van der Waals surface area contributed by atoms with Crippen molar-refractivity contribution in [3.05, 3.63) is 36.0 Å². The van der Waals surface area contributed by atoms with E-state index in [2.05, 4.69) is 38.7 Å². The minimum absolute atomic E-state index is 0.0459. The Morgan fingerprint density at radius 3 is 2.68 bits per heavy atom. The number of carbonyl (C=O) groups excluding carboxylic acids is 2. The van der Waals surface area contributed by atoms with E-state index in [-0.39, 0.29) is 48.3 Å². The van der Waals surface area contributed by atoms with Crippen LogP contribution in [0, 0.1) is 29.1 Å². The number of hydrogen-bond acceptors (Lipinski definition) is 5. The van der Waals surface area contributed by atoms with E-state index in [0.29, 0.717) is 25.2 Å². The molecule has 2 unspecified atom stereocenters. The van der Waals surface area contributed by atoms with Gasteiger partial charge in [-0.25, -0.2) is 0 Å². The Morgan fingerprint density at radius 1 is 1.32 bits per heavy atom. The van der Waals surface area contributed by atoms with Crippen LogP contribution in [0.4, 0.5) is 0 Å². The van der Waals surface area contributed by atoms with E-state index < -0.39 is 11.5 Å². The van der Waals surface area contributed by atoms with Crippen molar-refractivity contribution in [2.45, 2.75) is 85.0 Å². The molecule has 0 aromatic rings. The predicted octanol–water partition coefficient (Wildman–Crippen LogP) is 4.75. The van der Waals surface area contributed by atoms with Crippen molar-refractivity contribution < 1.29 is 24.2 Å². The van der Waals surface area contributed by atoms with Gasteiger partial charge in [0.1, 0.15) is 12.2 Å². The first-order valence-electron chi connectivity index (χ1n) is 11.7. The van der Waals surface area contributed by atoms with Crippen LogP contribution in [-0.4, -0.2) is 35.4 Å². The second-order valence-electron chi connectivity index (χ2n) is 10.3. The van der Waals surface area contributed by atoms with Crippen LogP contribution in [0.25, 0.3) is 0 Å². The van der Waals surface area contributed by atoms with Crippen LogP contribution in [0.5, 0.6) is 0 Å². The number of aliphatic hydroxyl groups excluding tert-OH is 1. The molecular formula is C26H38O5. The number of esters is 2. The highest BCUT2D eigenvalue weighted by Crippen LogP contribution is 2.47. The number of ether oxygens (including phenoxy) is 2. The van der Waals surface area contributed by atoms with Gasteiger partial charge in [0, 0.05) is 12.3 Å². The minimum Gasteiger partial charge on any atom is -0.462 e. The quantitative estimate of drug-likeness (QED) is 0.486. The molecule has 0 radical (unpaired) electrons. The third kappa shape index (κ3) is 5.14. The Balaban J connectivity index is 1.82.